The van der Waals surface area contributed by atoms with E-state index in [1.54, 1.807) is 0 Å². The summed E-state index contributed by atoms with van der Waals surface area (Å²) in [7, 11) is 0. The molecule has 1 aliphatic heterocycles. The van der Waals surface area contributed by atoms with Gasteiger partial charge in [0.2, 0.25) is 0 Å². The Morgan fingerprint density at radius 2 is 2.00 bits per heavy atom. The maximum Gasteiger partial charge on any atom is 0.191 e. The van der Waals surface area contributed by atoms with Gasteiger partial charge in [-0.25, -0.2) is 0 Å². The van der Waals surface area contributed by atoms with Crippen LogP contribution in [0.3, 0.4) is 0 Å². The summed E-state index contributed by atoms with van der Waals surface area (Å²) in [5.74, 6) is 0.951. The van der Waals surface area contributed by atoms with E-state index in [0.29, 0.717) is 0 Å². The Labute approximate surface area is 113 Å². The third kappa shape index (κ3) is 3.05. The lowest BCUT2D eigenvalue weighted by Gasteiger charge is -2.15. The summed E-state index contributed by atoms with van der Waals surface area (Å²) < 4.78 is 0. The molecule has 3 heteroatoms. The van der Waals surface area contributed by atoms with Crippen molar-refractivity contribution in [3.63, 3.8) is 0 Å². The molecule has 0 aromatic heterocycles. The molecule has 3 rings (SSSR count). The van der Waals surface area contributed by atoms with Gasteiger partial charge in [-0.05, 0) is 29.2 Å². The predicted molar refractivity (Wildman–Crippen MR) is 80.6 cm³/mol. The number of nitrogens with zero attached hydrogens (tertiary/aromatic N) is 1. The molecule has 0 unspecified atom stereocenters. The van der Waals surface area contributed by atoms with E-state index < -0.39 is 0 Å². The Morgan fingerprint density at radius 1 is 1.11 bits per heavy atom. The second-order valence-electron chi connectivity index (χ2n) is 4.87. The van der Waals surface area contributed by atoms with Gasteiger partial charge in [-0.3, -0.25) is 4.99 Å². The molecule has 1 heterocycles. The van der Waals surface area contributed by atoms with Crippen molar-refractivity contribution in [2.75, 3.05) is 19.6 Å². The van der Waals surface area contributed by atoms with Crippen molar-refractivity contribution in [2.45, 2.75) is 12.8 Å². The van der Waals surface area contributed by atoms with Gasteiger partial charge in [-0.2, -0.15) is 0 Å². The Morgan fingerprint density at radius 3 is 2.84 bits per heavy atom. The standard InChI is InChI=1S/C16H19N3/c1-2-5-15-12-13(6-7-14(15)4-1)8-11-19-16-17-9-3-10-18-16/h1-2,4-7,12H,3,8-11H2,(H2,17,18,19). The molecule has 2 N–H and O–H groups in total. The Kier molecular flexibility index (Phi) is 3.63. The molecule has 2 aromatic carbocycles. The molecule has 19 heavy (non-hydrogen) atoms. The summed E-state index contributed by atoms with van der Waals surface area (Å²) in [6.07, 6.45) is 2.15. The van der Waals surface area contributed by atoms with E-state index in [9.17, 15) is 0 Å². The molecule has 0 saturated heterocycles. The van der Waals surface area contributed by atoms with E-state index in [2.05, 4.69) is 58.1 Å². The largest absolute Gasteiger partial charge is 0.356 e. The first kappa shape index (κ1) is 12.0. The van der Waals surface area contributed by atoms with Crippen molar-refractivity contribution in [3.05, 3.63) is 48.0 Å². The third-order valence-electron chi connectivity index (χ3n) is 3.42. The molecular weight excluding hydrogens is 234 g/mol. The van der Waals surface area contributed by atoms with Gasteiger partial charge in [0.15, 0.2) is 5.96 Å². The summed E-state index contributed by atoms with van der Waals surface area (Å²) in [4.78, 5) is 4.40. The van der Waals surface area contributed by atoms with E-state index in [1.165, 1.54) is 16.3 Å². The van der Waals surface area contributed by atoms with E-state index >= 15 is 0 Å². The minimum Gasteiger partial charge on any atom is -0.356 e. The van der Waals surface area contributed by atoms with Crippen molar-refractivity contribution in [2.24, 2.45) is 4.99 Å². The smallest absolute Gasteiger partial charge is 0.191 e. The Hall–Kier alpha value is -2.03. The van der Waals surface area contributed by atoms with Crippen LogP contribution in [0.5, 0.6) is 0 Å². The van der Waals surface area contributed by atoms with Crippen LogP contribution in [0.25, 0.3) is 10.8 Å². The van der Waals surface area contributed by atoms with E-state index in [0.717, 1.165) is 38.4 Å². The van der Waals surface area contributed by atoms with Gasteiger partial charge in [0, 0.05) is 19.6 Å². The zero-order valence-electron chi connectivity index (χ0n) is 11.0. The summed E-state index contributed by atoms with van der Waals surface area (Å²) in [6.45, 7) is 2.89. The van der Waals surface area contributed by atoms with Gasteiger partial charge in [0.25, 0.3) is 0 Å². The van der Waals surface area contributed by atoms with Crippen LogP contribution in [0, 0.1) is 0 Å². The minimum atomic E-state index is 0.921. The van der Waals surface area contributed by atoms with Crippen molar-refractivity contribution in [1.82, 2.24) is 10.6 Å². The fraction of sp³-hybridized carbons (Fsp3) is 0.312. The highest BCUT2D eigenvalue weighted by atomic mass is 15.2. The van der Waals surface area contributed by atoms with Gasteiger partial charge in [0.1, 0.15) is 0 Å². The fourth-order valence-electron chi connectivity index (χ4n) is 2.37. The van der Waals surface area contributed by atoms with Crippen LogP contribution in [0.2, 0.25) is 0 Å². The lowest BCUT2D eigenvalue weighted by atomic mass is 10.1. The van der Waals surface area contributed by atoms with Crippen LogP contribution in [-0.2, 0) is 6.42 Å². The highest BCUT2D eigenvalue weighted by Crippen LogP contribution is 2.15. The summed E-state index contributed by atoms with van der Waals surface area (Å²) >= 11 is 0. The maximum atomic E-state index is 4.40. The number of aliphatic imine (C=N–C) groups is 1. The topological polar surface area (TPSA) is 36.4 Å². The highest BCUT2D eigenvalue weighted by molar-refractivity contribution is 5.83. The van der Waals surface area contributed by atoms with Crippen LogP contribution in [0.4, 0.5) is 0 Å². The zero-order valence-corrected chi connectivity index (χ0v) is 11.0. The van der Waals surface area contributed by atoms with Gasteiger partial charge < -0.3 is 10.6 Å². The Bertz CT molecular complexity index is 589. The molecular formula is C16H19N3. The molecule has 98 valence electrons. The van der Waals surface area contributed by atoms with Crippen LogP contribution in [0.1, 0.15) is 12.0 Å². The van der Waals surface area contributed by atoms with Crippen molar-refractivity contribution < 1.29 is 0 Å². The molecule has 1 aliphatic rings. The molecule has 2 aromatic rings. The molecule has 0 radical (unpaired) electrons. The minimum absolute atomic E-state index is 0.921. The molecule has 0 bridgehead atoms. The van der Waals surface area contributed by atoms with Crippen molar-refractivity contribution in [3.8, 4) is 0 Å². The van der Waals surface area contributed by atoms with Crippen molar-refractivity contribution >= 4 is 16.7 Å². The summed E-state index contributed by atoms with van der Waals surface area (Å²) in [5, 5.41) is 9.25. The number of nitrogens with one attached hydrogen (secondary N) is 2. The SMILES string of the molecule is c1ccc2cc(CCNC3=NCCCN3)ccc2c1. The molecule has 0 saturated carbocycles. The third-order valence-corrected chi connectivity index (χ3v) is 3.42. The lowest BCUT2D eigenvalue weighted by Crippen LogP contribution is -2.41. The van der Waals surface area contributed by atoms with Gasteiger partial charge in [-0.15, -0.1) is 0 Å². The maximum absolute atomic E-state index is 4.40. The molecule has 0 fully saturated rings. The molecule has 0 atom stereocenters. The first-order valence-electron chi connectivity index (χ1n) is 6.92. The first-order valence-corrected chi connectivity index (χ1v) is 6.92. The van der Waals surface area contributed by atoms with Crippen LogP contribution in [0.15, 0.2) is 47.5 Å². The van der Waals surface area contributed by atoms with E-state index in [-0.39, 0.29) is 0 Å². The number of hydrogen-bond donors (Lipinski definition) is 2. The monoisotopic (exact) mass is 253 g/mol. The highest BCUT2D eigenvalue weighted by Gasteiger charge is 2.02. The molecule has 0 amide bonds. The fourth-order valence-corrected chi connectivity index (χ4v) is 2.37. The average molecular weight is 253 g/mol. The van der Waals surface area contributed by atoms with Crippen LogP contribution in [-0.4, -0.2) is 25.6 Å². The average Bonchev–Trinajstić information content (AvgIpc) is 2.48. The van der Waals surface area contributed by atoms with Gasteiger partial charge in [0.05, 0.1) is 0 Å². The second kappa shape index (κ2) is 5.74. The van der Waals surface area contributed by atoms with Gasteiger partial charge >= 0.3 is 0 Å². The lowest BCUT2D eigenvalue weighted by molar-refractivity contribution is 0.700. The zero-order chi connectivity index (χ0) is 12.9. The first-order chi connectivity index (χ1) is 9.42. The predicted octanol–water partition coefficient (Wildman–Crippen LogP) is 2.32. The number of hydrogen-bond acceptors (Lipinski definition) is 3. The number of guanidine groups is 1. The molecule has 3 nitrogen and oxygen atoms in total. The van der Waals surface area contributed by atoms with Crippen LogP contribution < -0.4 is 10.6 Å². The van der Waals surface area contributed by atoms with Gasteiger partial charge in [-0.1, -0.05) is 42.5 Å². The molecule has 0 aliphatic carbocycles. The number of rotatable bonds is 3. The Balaban J connectivity index is 1.60. The quantitative estimate of drug-likeness (QED) is 0.880. The van der Waals surface area contributed by atoms with E-state index in [4.69, 9.17) is 0 Å². The van der Waals surface area contributed by atoms with Crippen LogP contribution >= 0.6 is 0 Å². The number of benzene rings is 2. The number of fused-ring (bicyclic) bond motifs is 1. The van der Waals surface area contributed by atoms with Crippen molar-refractivity contribution in [1.29, 1.82) is 0 Å². The summed E-state index contributed by atoms with van der Waals surface area (Å²) in [5.41, 5.74) is 1.36. The summed E-state index contributed by atoms with van der Waals surface area (Å²) in [6, 6.07) is 15.2. The normalized spacial score (nSPS) is 14.8. The molecule has 0 spiro atoms. The van der Waals surface area contributed by atoms with E-state index in [1.807, 2.05) is 0 Å². The second-order valence-corrected chi connectivity index (χ2v) is 4.87.